The van der Waals surface area contributed by atoms with E-state index in [0.717, 1.165) is 19.4 Å². The fourth-order valence-electron chi connectivity index (χ4n) is 2.56. The van der Waals surface area contributed by atoms with Crippen LogP contribution in [0.2, 0.25) is 0 Å². The molecule has 108 valence electrons. The van der Waals surface area contributed by atoms with Gasteiger partial charge in [0.1, 0.15) is 0 Å². The molecule has 2 rings (SSSR count). The number of benzene rings is 1. The number of aromatic nitrogens is 2. The Morgan fingerprint density at radius 1 is 1.20 bits per heavy atom. The third kappa shape index (κ3) is 3.28. The van der Waals surface area contributed by atoms with Crippen molar-refractivity contribution in [3.05, 3.63) is 52.8 Å². The minimum Gasteiger partial charge on any atom is -0.311 e. The van der Waals surface area contributed by atoms with Crippen LogP contribution in [0.25, 0.3) is 0 Å². The smallest absolute Gasteiger partial charge is 0.0556 e. The second-order valence-electron chi connectivity index (χ2n) is 5.44. The summed E-state index contributed by atoms with van der Waals surface area (Å²) in [7, 11) is 2.02. The first-order valence-electron chi connectivity index (χ1n) is 7.40. The molecular formula is C17H25N3. The van der Waals surface area contributed by atoms with Crippen LogP contribution in [-0.2, 0) is 13.0 Å². The topological polar surface area (TPSA) is 29.9 Å². The van der Waals surface area contributed by atoms with Gasteiger partial charge in [-0.15, -0.1) is 0 Å². The molecule has 1 aromatic carbocycles. The summed E-state index contributed by atoms with van der Waals surface area (Å²) in [5.74, 6) is 0. The molecule has 3 heteroatoms. The van der Waals surface area contributed by atoms with Crippen LogP contribution in [-0.4, -0.2) is 16.8 Å². The van der Waals surface area contributed by atoms with Crippen molar-refractivity contribution >= 4 is 0 Å². The Hall–Kier alpha value is -1.61. The highest BCUT2D eigenvalue weighted by Crippen LogP contribution is 2.20. The Kier molecular flexibility index (Phi) is 4.96. The normalized spacial score (nSPS) is 12.6. The number of nitrogens with one attached hydrogen (secondary N) is 1. The molecule has 0 aliphatic rings. The number of likely N-dealkylation sites (N-methyl/N-ethyl adjacent to an activating group) is 1. The van der Waals surface area contributed by atoms with Gasteiger partial charge in [0.25, 0.3) is 0 Å². The number of hydrogen-bond donors (Lipinski definition) is 1. The van der Waals surface area contributed by atoms with Gasteiger partial charge in [0.05, 0.1) is 11.7 Å². The minimum atomic E-state index is 0.311. The summed E-state index contributed by atoms with van der Waals surface area (Å²) in [6.45, 7) is 7.50. The highest BCUT2D eigenvalue weighted by atomic mass is 15.3. The second-order valence-corrected chi connectivity index (χ2v) is 5.44. The fourth-order valence-corrected chi connectivity index (χ4v) is 2.56. The SMILES string of the molecule is CCCn1nccc1C(Cc1ccc(C)c(C)c1)NC. The molecule has 1 heterocycles. The van der Waals surface area contributed by atoms with Gasteiger partial charge in [-0.1, -0.05) is 25.1 Å². The molecule has 0 aliphatic heterocycles. The zero-order valence-electron chi connectivity index (χ0n) is 13.0. The van der Waals surface area contributed by atoms with Crippen LogP contribution >= 0.6 is 0 Å². The Balaban J connectivity index is 2.19. The van der Waals surface area contributed by atoms with Crippen molar-refractivity contribution in [2.45, 2.75) is 46.2 Å². The minimum absolute atomic E-state index is 0.311. The van der Waals surface area contributed by atoms with Crippen molar-refractivity contribution < 1.29 is 0 Å². The molecule has 0 radical (unpaired) electrons. The van der Waals surface area contributed by atoms with E-state index in [4.69, 9.17) is 0 Å². The lowest BCUT2D eigenvalue weighted by Crippen LogP contribution is -2.22. The largest absolute Gasteiger partial charge is 0.311 e. The molecule has 3 nitrogen and oxygen atoms in total. The maximum Gasteiger partial charge on any atom is 0.0556 e. The van der Waals surface area contributed by atoms with E-state index in [2.05, 4.69) is 60.1 Å². The molecule has 0 bridgehead atoms. The predicted octanol–water partition coefficient (Wildman–Crippen LogP) is 3.41. The lowest BCUT2D eigenvalue weighted by molar-refractivity contribution is 0.496. The lowest BCUT2D eigenvalue weighted by Gasteiger charge is -2.18. The second kappa shape index (κ2) is 6.71. The van der Waals surface area contributed by atoms with E-state index < -0.39 is 0 Å². The van der Waals surface area contributed by atoms with E-state index in [9.17, 15) is 0 Å². The summed E-state index contributed by atoms with van der Waals surface area (Å²) in [6.07, 6.45) is 4.00. The van der Waals surface area contributed by atoms with Crippen molar-refractivity contribution in [2.24, 2.45) is 0 Å². The summed E-state index contributed by atoms with van der Waals surface area (Å²) in [4.78, 5) is 0. The van der Waals surface area contributed by atoms with Gasteiger partial charge in [-0.3, -0.25) is 4.68 Å². The first-order valence-corrected chi connectivity index (χ1v) is 7.40. The monoisotopic (exact) mass is 271 g/mol. The molecule has 2 aromatic rings. The Morgan fingerprint density at radius 3 is 2.65 bits per heavy atom. The molecule has 0 fully saturated rings. The van der Waals surface area contributed by atoms with Gasteiger partial charge in [-0.05, 0) is 56.5 Å². The number of aryl methyl sites for hydroxylation is 3. The molecular weight excluding hydrogens is 246 g/mol. The molecule has 20 heavy (non-hydrogen) atoms. The molecule has 1 unspecified atom stereocenters. The van der Waals surface area contributed by atoms with Crippen molar-refractivity contribution in [1.82, 2.24) is 15.1 Å². The van der Waals surface area contributed by atoms with Gasteiger partial charge in [-0.2, -0.15) is 5.10 Å². The van der Waals surface area contributed by atoms with Crippen molar-refractivity contribution in [1.29, 1.82) is 0 Å². The van der Waals surface area contributed by atoms with E-state index in [-0.39, 0.29) is 0 Å². The summed E-state index contributed by atoms with van der Waals surface area (Å²) in [6, 6.07) is 9.16. The standard InChI is InChI=1S/C17H25N3/c1-5-10-20-17(8-9-19-20)16(18-4)12-15-7-6-13(2)14(3)11-15/h6-9,11,16,18H,5,10,12H2,1-4H3. The van der Waals surface area contributed by atoms with Crippen LogP contribution in [0.4, 0.5) is 0 Å². The van der Waals surface area contributed by atoms with Crippen molar-refractivity contribution in [3.8, 4) is 0 Å². The highest BCUT2D eigenvalue weighted by Gasteiger charge is 2.15. The molecule has 0 amide bonds. The van der Waals surface area contributed by atoms with Crippen molar-refractivity contribution in [3.63, 3.8) is 0 Å². The van der Waals surface area contributed by atoms with Gasteiger partial charge in [0.15, 0.2) is 0 Å². The number of rotatable bonds is 6. The molecule has 0 saturated heterocycles. The summed E-state index contributed by atoms with van der Waals surface area (Å²) >= 11 is 0. The van der Waals surface area contributed by atoms with E-state index in [1.54, 1.807) is 0 Å². The lowest BCUT2D eigenvalue weighted by atomic mass is 9.99. The molecule has 1 N–H and O–H groups in total. The van der Waals surface area contributed by atoms with Gasteiger partial charge in [0.2, 0.25) is 0 Å². The molecule has 1 atom stereocenters. The van der Waals surface area contributed by atoms with E-state index >= 15 is 0 Å². The number of nitrogens with zero attached hydrogens (tertiary/aromatic N) is 2. The number of hydrogen-bond acceptors (Lipinski definition) is 2. The average molecular weight is 271 g/mol. The Morgan fingerprint density at radius 2 is 2.00 bits per heavy atom. The zero-order valence-corrected chi connectivity index (χ0v) is 13.0. The van der Waals surface area contributed by atoms with Crippen LogP contribution in [0, 0.1) is 13.8 Å². The van der Waals surface area contributed by atoms with Crippen LogP contribution in [0.3, 0.4) is 0 Å². The average Bonchev–Trinajstić information content (AvgIpc) is 2.88. The molecule has 1 aromatic heterocycles. The summed E-state index contributed by atoms with van der Waals surface area (Å²) < 4.78 is 2.11. The third-order valence-electron chi connectivity index (χ3n) is 3.90. The maximum absolute atomic E-state index is 4.42. The Labute approximate surface area is 122 Å². The zero-order chi connectivity index (χ0) is 14.5. The Bertz CT molecular complexity index is 557. The van der Waals surface area contributed by atoms with E-state index in [0.29, 0.717) is 6.04 Å². The third-order valence-corrected chi connectivity index (χ3v) is 3.90. The van der Waals surface area contributed by atoms with Gasteiger partial charge in [0, 0.05) is 12.7 Å². The van der Waals surface area contributed by atoms with Crippen molar-refractivity contribution in [2.75, 3.05) is 7.05 Å². The predicted molar refractivity (Wildman–Crippen MR) is 83.9 cm³/mol. The molecule has 0 aliphatic carbocycles. The van der Waals surface area contributed by atoms with Gasteiger partial charge in [-0.25, -0.2) is 0 Å². The maximum atomic E-state index is 4.42. The van der Waals surface area contributed by atoms with Crippen LogP contribution in [0.1, 0.15) is 41.8 Å². The fraction of sp³-hybridized carbons (Fsp3) is 0.471. The van der Waals surface area contributed by atoms with E-state index in [1.807, 2.05) is 13.2 Å². The first kappa shape index (κ1) is 14.8. The van der Waals surface area contributed by atoms with Gasteiger partial charge >= 0.3 is 0 Å². The van der Waals surface area contributed by atoms with Gasteiger partial charge < -0.3 is 5.32 Å². The van der Waals surface area contributed by atoms with Crippen LogP contribution in [0.5, 0.6) is 0 Å². The van der Waals surface area contributed by atoms with Crippen LogP contribution < -0.4 is 5.32 Å². The van der Waals surface area contributed by atoms with Crippen LogP contribution in [0.15, 0.2) is 30.5 Å². The molecule has 0 saturated carbocycles. The first-order chi connectivity index (χ1) is 9.65. The summed E-state index contributed by atoms with van der Waals surface area (Å²) in [5, 5.41) is 7.85. The molecule has 0 spiro atoms. The summed E-state index contributed by atoms with van der Waals surface area (Å²) in [5.41, 5.74) is 5.36. The van der Waals surface area contributed by atoms with E-state index in [1.165, 1.54) is 22.4 Å². The quantitative estimate of drug-likeness (QED) is 0.872. The highest BCUT2D eigenvalue weighted by molar-refractivity contribution is 5.31.